The first kappa shape index (κ1) is 17.0. The van der Waals surface area contributed by atoms with E-state index < -0.39 is 10.0 Å². The SMILES string of the molecule is CC[C@H]1CN(S(C)(=O)=O)CC[C@H]1CC(=O)NCc1ccco1. The van der Waals surface area contributed by atoms with Gasteiger partial charge in [0.15, 0.2) is 0 Å². The smallest absolute Gasteiger partial charge is 0.220 e. The molecule has 1 aromatic rings. The van der Waals surface area contributed by atoms with Crippen LogP contribution in [-0.2, 0) is 21.4 Å². The summed E-state index contributed by atoms with van der Waals surface area (Å²) in [6, 6.07) is 3.61. The molecule has 1 aliphatic heterocycles. The molecule has 0 aliphatic carbocycles. The lowest BCUT2D eigenvalue weighted by Crippen LogP contribution is -2.44. The van der Waals surface area contributed by atoms with Gasteiger partial charge in [-0.25, -0.2) is 12.7 Å². The van der Waals surface area contributed by atoms with Crippen LogP contribution in [-0.4, -0.2) is 38.0 Å². The molecule has 124 valence electrons. The minimum Gasteiger partial charge on any atom is -0.467 e. The van der Waals surface area contributed by atoms with Crippen molar-refractivity contribution in [3.05, 3.63) is 24.2 Å². The summed E-state index contributed by atoms with van der Waals surface area (Å²) in [5.41, 5.74) is 0. The molecule has 2 atom stereocenters. The zero-order valence-corrected chi connectivity index (χ0v) is 13.9. The van der Waals surface area contributed by atoms with E-state index >= 15 is 0 Å². The number of hydrogen-bond donors (Lipinski definition) is 1. The Morgan fingerprint density at radius 1 is 1.45 bits per heavy atom. The fourth-order valence-electron chi connectivity index (χ4n) is 2.99. The van der Waals surface area contributed by atoms with Gasteiger partial charge < -0.3 is 9.73 Å². The molecule has 1 aliphatic rings. The van der Waals surface area contributed by atoms with Crippen LogP contribution in [0.25, 0.3) is 0 Å². The number of nitrogens with one attached hydrogen (secondary N) is 1. The molecule has 0 aromatic carbocycles. The second-order valence-corrected chi connectivity index (χ2v) is 7.88. The summed E-state index contributed by atoms with van der Waals surface area (Å²) >= 11 is 0. The number of carbonyl (C=O) groups excluding carboxylic acids is 1. The average Bonchev–Trinajstić information content (AvgIpc) is 2.97. The van der Waals surface area contributed by atoms with E-state index in [1.165, 1.54) is 10.6 Å². The molecule has 6 nitrogen and oxygen atoms in total. The van der Waals surface area contributed by atoms with Gasteiger partial charge in [-0.1, -0.05) is 13.3 Å². The Morgan fingerprint density at radius 3 is 2.82 bits per heavy atom. The maximum absolute atomic E-state index is 12.1. The van der Waals surface area contributed by atoms with E-state index in [9.17, 15) is 13.2 Å². The van der Waals surface area contributed by atoms with Gasteiger partial charge in [-0.05, 0) is 30.4 Å². The first-order chi connectivity index (χ1) is 10.4. The molecule has 2 rings (SSSR count). The zero-order valence-electron chi connectivity index (χ0n) is 13.1. The van der Waals surface area contributed by atoms with Crippen molar-refractivity contribution in [1.29, 1.82) is 0 Å². The Kier molecular flexibility index (Phi) is 5.63. The molecule has 0 bridgehead atoms. The first-order valence-electron chi connectivity index (χ1n) is 7.64. The molecule has 1 saturated heterocycles. The Balaban J connectivity index is 1.85. The molecule has 0 saturated carbocycles. The minimum absolute atomic E-state index is 0.00680. The third kappa shape index (κ3) is 4.58. The van der Waals surface area contributed by atoms with Crippen molar-refractivity contribution in [3.8, 4) is 0 Å². The lowest BCUT2D eigenvalue weighted by molar-refractivity contribution is -0.123. The predicted molar refractivity (Wildman–Crippen MR) is 83.5 cm³/mol. The van der Waals surface area contributed by atoms with Gasteiger partial charge in [0.2, 0.25) is 15.9 Å². The molecule has 1 aromatic heterocycles. The van der Waals surface area contributed by atoms with Gasteiger partial charge in [0.1, 0.15) is 5.76 Å². The number of nitrogens with zero attached hydrogens (tertiary/aromatic N) is 1. The van der Waals surface area contributed by atoms with E-state index in [1.807, 2.05) is 13.0 Å². The van der Waals surface area contributed by atoms with Gasteiger partial charge in [-0.3, -0.25) is 4.79 Å². The van der Waals surface area contributed by atoms with Crippen LogP contribution in [0.2, 0.25) is 0 Å². The lowest BCUT2D eigenvalue weighted by Gasteiger charge is -2.36. The van der Waals surface area contributed by atoms with E-state index in [0.717, 1.165) is 18.6 Å². The number of rotatable bonds is 6. The Labute approximate surface area is 131 Å². The fraction of sp³-hybridized carbons (Fsp3) is 0.667. The summed E-state index contributed by atoms with van der Waals surface area (Å²) in [6.45, 7) is 3.46. The highest BCUT2D eigenvalue weighted by Crippen LogP contribution is 2.30. The number of furan rings is 1. The molecule has 1 amide bonds. The Hall–Kier alpha value is -1.34. The third-order valence-electron chi connectivity index (χ3n) is 4.33. The van der Waals surface area contributed by atoms with E-state index in [4.69, 9.17) is 4.42 Å². The number of sulfonamides is 1. The van der Waals surface area contributed by atoms with Gasteiger partial charge >= 0.3 is 0 Å². The van der Waals surface area contributed by atoms with E-state index in [0.29, 0.717) is 26.1 Å². The Morgan fingerprint density at radius 2 is 2.23 bits per heavy atom. The van der Waals surface area contributed by atoms with Crippen LogP contribution in [0.5, 0.6) is 0 Å². The van der Waals surface area contributed by atoms with Crippen LogP contribution >= 0.6 is 0 Å². The third-order valence-corrected chi connectivity index (χ3v) is 5.60. The quantitative estimate of drug-likeness (QED) is 0.860. The molecule has 2 heterocycles. The number of piperidine rings is 1. The van der Waals surface area contributed by atoms with E-state index in [-0.39, 0.29) is 17.7 Å². The summed E-state index contributed by atoms with van der Waals surface area (Å²) in [5.74, 6) is 1.19. The second-order valence-electron chi connectivity index (χ2n) is 5.90. The maximum atomic E-state index is 12.1. The lowest BCUT2D eigenvalue weighted by atomic mass is 9.82. The standard InChI is InChI=1S/C15H24N2O4S/c1-3-12-11-17(22(2,19)20)7-6-13(12)9-15(18)16-10-14-5-4-8-21-14/h4-5,8,12-13H,3,6-7,9-11H2,1-2H3,(H,16,18)/t12-,13-/m0/s1. The molecular weight excluding hydrogens is 304 g/mol. The number of hydrogen-bond acceptors (Lipinski definition) is 4. The minimum atomic E-state index is -3.14. The second kappa shape index (κ2) is 7.28. The van der Waals surface area contributed by atoms with Crippen molar-refractivity contribution < 1.29 is 17.6 Å². The van der Waals surface area contributed by atoms with Crippen molar-refractivity contribution in [2.45, 2.75) is 32.7 Å². The monoisotopic (exact) mass is 328 g/mol. The summed E-state index contributed by atoms with van der Waals surface area (Å²) in [4.78, 5) is 12.1. The molecule has 22 heavy (non-hydrogen) atoms. The zero-order chi connectivity index (χ0) is 16.2. The largest absolute Gasteiger partial charge is 0.467 e. The number of carbonyl (C=O) groups is 1. The van der Waals surface area contributed by atoms with Gasteiger partial charge in [0, 0.05) is 19.5 Å². The van der Waals surface area contributed by atoms with Crippen LogP contribution in [0.3, 0.4) is 0 Å². The first-order valence-corrected chi connectivity index (χ1v) is 9.49. The normalized spacial score (nSPS) is 23.4. The van der Waals surface area contributed by atoms with E-state index in [2.05, 4.69) is 5.32 Å². The Bertz CT molecular complexity index is 583. The molecule has 0 spiro atoms. The van der Waals surface area contributed by atoms with Crippen LogP contribution in [0.1, 0.15) is 31.9 Å². The van der Waals surface area contributed by atoms with Gasteiger partial charge in [-0.15, -0.1) is 0 Å². The summed E-state index contributed by atoms with van der Waals surface area (Å²) in [6.07, 6.45) is 4.88. The molecule has 0 radical (unpaired) electrons. The topological polar surface area (TPSA) is 79.6 Å². The molecular formula is C15H24N2O4S. The van der Waals surface area contributed by atoms with Gasteiger partial charge in [0.05, 0.1) is 19.1 Å². The van der Waals surface area contributed by atoms with Crippen molar-refractivity contribution in [1.82, 2.24) is 9.62 Å². The highest BCUT2D eigenvalue weighted by molar-refractivity contribution is 7.88. The fourth-order valence-corrected chi connectivity index (χ4v) is 3.89. The van der Waals surface area contributed by atoms with Crippen molar-refractivity contribution in [3.63, 3.8) is 0 Å². The summed E-state index contributed by atoms with van der Waals surface area (Å²) in [5, 5.41) is 2.85. The van der Waals surface area contributed by atoms with E-state index in [1.54, 1.807) is 12.3 Å². The average molecular weight is 328 g/mol. The van der Waals surface area contributed by atoms with Crippen LogP contribution in [0, 0.1) is 11.8 Å². The maximum Gasteiger partial charge on any atom is 0.220 e. The molecule has 7 heteroatoms. The van der Waals surface area contributed by atoms with Crippen molar-refractivity contribution in [2.75, 3.05) is 19.3 Å². The van der Waals surface area contributed by atoms with Crippen molar-refractivity contribution >= 4 is 15.9 Å². The number of amides is 1. The van der Waals surface area contributed by atoms with Crippen LogP contribution in [0.4, 0.5) is 0 Å². The predicted octanol–water partition coefficient (Wildman–Crippen LogP) is 1.59. The summed E-state index contributed by atoms with van der Waals surface area (Å²) in [7, 11) is -3.14. The van der Waals surface area contributed by atoms with Gasteiger partial charge in [-0.2, -0.15) is 0 Å². The van der Waals surface area contributed by atoms with Crippen LogP contribution in [0.15, 0.2) is 22.8 Å². The molecule has 1 fully saturated rings. The van der Waals surface area contributed by atoms with Gasteiger partial charge in [0.25, 0.3) is 0 Å². The van der Waals surface area contributed by atoms with Crippen LogP contribution < -0.4 is 5.32 Å². The van der Waals surface area contributed by atoms with Crippen molar-refractivity contribution in [2.24, 2.45) is 11.8 Å². The highest BCUT2D eigenvalue weighted by Gasteiger charge is 2.33. The molecule has 0 unspecified atom stereocenters. The highest BCUT2D eigenvalue weighted by atomic mass is 32.2. The molecule has 1 N–H and O–H groups in total. The summed E-state index contributed by atoms with van der Waals surface area (Å²) < 4.78 is 30.0.